The first kappa shape index (κ1) is 18.2. The van der Waals surface area contributed by atoms with Crippen molar-refractivity contribution in [2.24, 2.45) is 0 Å². The van der Waals surface area contributed by atoms with E-state index in [0.29, 0.717) is 11.4 Å². The van der Waals surface area contributed by atoms with Crippen LogP contribution in [0.5, 0.6) is 0 Å². The SMILES string of the molecule is O=C1C=C(N(CN(C2=CC(=O)NC2=O)c2ccccc2)c2ccccc2)C(=O)N1. The third-order valence-corrected chi connectivity index (χ3v) is 4.47. The lowest BCUT2D eigenvalue weighted by Crippen LogP contribution is -2.42. The minimum atomic E-state index is -0.534. The monoisotopic (exact) mass is 388 g/mol. The number of anilines is 2. The number of hydrogen-bond acceptors (Lipinski definition) is 6. The Bertz CT molecular complexity index is 975. The van der Waals surface area contributed by atoms with E-state index in [-0.39, 0.29) is 18.1 Å². The molecule has 4 amide bonds. The molecule has 4 rings (SSSR count). The Morgan fingerprint density at radius 3 is 1.28 bits per heavy atom. The zero-order valence-corrected chi connectivity index (χ0v) is 15.2. The number of carbonyl (C=O) groups excluding carboxylic acids is 4. The van der Waals surface area contributed by atoms with Crippen LogP contribution in [0, 0.1) is 0 Å². The number of imide groups is 2. The van der Waals surface area contributed by atoms with Crippen molar-refractivity contribution in [2.75, 3.05) is 16.5 Å². The van der Waals surface area contributed by atoms with Crippen molar-refractivity contribution in [3.8, 4) is 0 Å². The summed E-state index contributed by atoms with van der Waals surface area (Å²) in [5.41, 5.74) is 1.59. The van der Waals surface area contributed by atoms with Gasteiger partial charge in [-0.2, -0.15) is 0 Å². The van der Waals surface area contributed by atoms with Crippen LogP contribution in [-0.2, 0) is 19.2 Å². The van der Waals surface area contributed by atoms with E-state index in [1.54, 1.807) is 58.3 Å². The fraction of sp³-hybridized carbons (Fsp3) is 0.0476. The first-order valence-electron chi connectivity index (χ1n) is 8.82. The predicted molar refractivity (Wildman–Crippen MR) is 105 cm³/mol. The molecule has 29 heavy (non-hydrogen) atoms. The van der Waals surface area contributed by atoms with Crippen molar-refractivity contribution in [1.82, 2.24) is 10.6 Å². The molecule has 0 spiro atoms. The number of rotatable bonds is 6. The van der Waals surface area contributed by atoms with Crippen molar-refractivity contribution in [1.29, 1.82) is 0 Å². The van der Waals surface area contributed by atoms with Gasteiger partial charge in [-0.3, -0.25) is 29.8 Å². The molecule has 2 aliphatic heterocycles. The van der Waals surface area contributed by atoms with E-state index >= 15 is 0 Å². The molecule has 2 aliphatic rings. The van der Waals surface area contributed by atoms with Crippen LogP contribution < -0.4 is 20.4 Å². The van der Waals surface area contributed by atoms with Crippen LogP contribution in [0.15, 0.2) is 84.2 Å². The van der Waals surface area contributed by atoms with E-state index in [0.717, 1.165) is 0 Å². The van der Waals surface area contributed by atoms with Gasteiger partial charge in [0.15, 0.2) is 0 Å². The molecule has 0 saturated carbocycles. The zero-order valence-electron chi connectivity index (χ0n) is 15.2. The molecule has 2 aromatic rings. The van der Waals surface area contributed by atoms with Crippen molar-refractivity contribution in [3.63, 3.8) is 0 Å². The highest BCUT2D eigenvalue weighted by Crippen LogP contribution is 2.27. The van der Waals surface area contributed by atoms with Gasteiger partial charge in [0, 0.05) is 23.5 Å². The second kappa shape index (κ2) is 7.43. The smallest absolute Gasteiger partial charge is 0.274 e. The highest BCUT2D eigenvalue weighted by molar-refractivity contribution is 6.19. The molecule has 0 aliphatic carbocycles. The number of para-hydroxylation sites is 2. The Morgan fingerprint density at radius 1 is 0.586 bits per heavy atom. The molecule has 0 bridgehead atoms. The highest BCUT2D eigenvalue weighted by Gasteiger charge is 2.32. The lowest BCUT2D eigenvalue weighted by atomic mass is 10.2. The number of amides is 4. The average molecular weight is 388 g/mol. The van der Waals surface area contributed by atoms with Crippen LogP contribution in [0.1, 0.15) is 0 Å². The van der Waals surface area contributed by atoms with Crippen LogP contribution in [0.4, 0.5) is 11.4 Å². The van der Waals surface area contributed by atoms with Gasteiger partial charge in [-0.1, -0.05) is 36.4 Å². The molecule has 0 fully saturated rings. The minimum Gasteiger partial charge on any atom is -0.318 e. The fourth-order valence-electron chi connectivity index (χ4n) is 3.16. The lowest BCUT2D eigenvalue weighted by Gasteiger charge is -2.33. The molecule has 144 valence electrons. The summed E-state index contributed by atoms with van der Waals surface area (Å²) in [6.45, 7) is 0.0209. The number of carbonyl (C=O) groups is 4. The molecule has 0 unspecified atom stereocenters. The van der Waals surface area contributed by atoms with E-state index in [1.165, 1.54) is 12.2 Å². The van der Waals surface area contributed by atoms with Crippen LogP contribution in [0.2, 0.25) is 0 Å². The van der Waals surface area contributed by atoms with Crippen molar-refractivity contribution in [2.45, 2.75) is 0 Å². The quantitative estimate of drug-likeness (QED) is 0.567. The Hall–Kier alpha value is -4.20. The Labute approximate surface area is 166 Å². The second-order valence-corrected chi connectivity index (χ2v) is 6.36. The largest absolute Gasteiger partial charge is 0.318 e. The molecule has 8 nitrogen and oxygen atoms in total. The van der Waals surface area contributed by atoms with Crippen LogP contribution in [0.3, 0.4) is 0 Å². The molecule has 2 N–H and O–H groups in total. The normalized spacial score (nSPS) is 15.6. The van der Waals surface area contributed by atoms with E-state index < -0.39 is 23.6 Å². The van der Waals surface area contributed by atoms with Gasteiger partial charge in [-0.15, -0.1) is 0 Å². The van der Waals surface area contributed by atoms with Gasteiger partial charge in [-0.25, -0.2) is 0 Å². The summed E-state index contributed by atoms with van der Waals surface area (Å²) in [4.78, 5) is 51.4. The summed E-state index contributed by atoms with van der Waals surface area (Å²) < 4.78 is 0. The molecule has 0 saturated heterocycles. The maximum absolute atomic E-state index is 12.3. The summed E-state index contributed by atoms with van der Waals surface area (Å²) in [7, 11) is 0. The molecular formula is C21H16N4O4. The second-order valence-electron chi connectivity index (χ2n) is 6.36. The van der Waals surface area contributed by atoms with E-state index in [1.807, 2.05) is 12.1 Å². The maximum atomic E-state index is 12.3. The van der Waals surface area contributed by atoms with Gasteiger partial charge in [0.1, 0.15) is 18.1 Å². The van der Waals surface area contributed by atoms with E-state index in [9.17, 15) is 19.2 Å². The number of nitrogens with one attached hydrogen (secondary N) is 2. The predicted octanol–water partition coefficient (Wildman–Crippen LogP) is 1.04. The molecule has 0 atom stereocenters. The average Bonchev–Trinajstić information content (AvgIpc) is 3.24. The summed E-state index contributed by atoms with van der Waals surface area (Å²) in [6.07, 6.45) is 2.43. The third-order valence-electron chi connectivity index (χ3n) is 4.47. The van der Waals surface area contributed by atoms with Gasteiger partial charge in [0.05, 0.1) is 0 Å². The van der Waals surface area contributed by atoms with Gasteiger partial charge >= 0.3 is 0 Å². The number of hydrogen-bond donors (Lipinski definition) is 2. The molecular weight excluding hydrogens is 372 g/mol. The molecule has 0 aromatic heterocycles. The van der Waals surface area contributed by atoms with Gasteiger partial charge < -0.3 is 9.80 Å². The van der Waals surface area contributed by atoms with Crippen LogP contribution >= 0.6 is 0 Å². The molecule has 2 aromatic carbocycles. The maximum Gasteiger partial charge on any atom is 0.274 e. The summed E-state index contributed by atoms with van der Waals surface area (Å²) >= 11 is 0. The highest BCUT2D eigenvalue weighted by atomic mass is 16.2. The standard InChI is InChI=1S/C21H16N4O4/c26-18-11-16(20(28)22-18)24(14-7-3-1-4-8-14)13-25(15-9-5-2-6-10-15)17-12-19(27)23-21(17)29/h1-12H,13H2,(H,22,26,28)(H,23,27,29). The zero-order chi connectivity index (χ0) is 20.4. The van der Waals surface area contributed by atoms with Gasteiger partial charge in [-0.05, 0) is 24.3 Å². The molecule has 0 radical (unpaired) electrons. The Kier molecular flexibility index (Phi) is 4.66. The Morgan fingerprint density at radius 2 is 0.966 bits per heavy atom. The van der Waals surface area contributed by atoms with Gasteiger partial charge in [0.2, 0.25) is 0 Å². The van der Waals surface area contributed by atoms with Gasteiger partial charge in [0.25, 0.3) is 23.6 Å². The lowest BCUT2D eigenvalue weighted by molar-refractivity contribution is -0.125. The fourth-order valence-corrected chi connectivity index (χ4v) is 3.16. The van der Waals surface area contributed by atoms with Crippen molar-refractivity contribution >= 4 is 35.0 Å². The van der Waals surface area contributed by atoms with E-state index in [2.05, 4.69) is 10.6 Å². The first-order chi connectivity index (χ1) is 14.0. The minimum absolute atomic E-state index is 0.0209. The third kappa shape index (κ3) is 3.63. The topological polar surface area (TPSA) is 98.8 Å². The van der Waals surface area contributed by atoms with E-state index in [4.69, 9.17) is 0 Å². The van der Waals surface area contributed by atoms with Crippen LogP contribution in [0.25, 0.3) is 0 Å². The van der Waals surface area contributed by atoms with Crippen LogP contribution in [-0.4, -0.2) is 30.3 Å². The number of benzene rings is 2. The van der Waals surface area contributed by atoms with Crippen molar-refractivity contribution in [3.05, 3.63) is 84.2 Å². The summed E-state index contributed by atoms with van der Waals surface area (Å²) in [5, 5.41) is 4.47. The summed E-state index contributed by atoms with van der Waals surface area (Å²) in [5.74, 6) is -2.09. The molecule has 8 heteroatoms. The van der Waals surface area contributed by atoms with Crippen molar-refractivity contribution < 1.29 is 19.2 Å². The molecule has 2 heterocycles. The summed E-state index contributed by atoms with van der Waals surface area (Å²) in [6, 6.07) is 18.0. The first-order valence-corrected chi connectivity index (χ1v) is 8.82. The number of nitrogens with zero attached hydrogens (tertiary/aromatic N) is 2. The Balaban J connectivity index is 1.79.